The number of hydrogen-bond donors (Lipinski definition) is 1. The number of ether oxygens (including phenoxy) is 2. The van der Waals surface area contributed by atoms with Crippen molar-refractivity contribution in [2.75, 3.05) is 12.4 Å². The Labute approximate surface area is 164 Å². The van der Waals surface area contributed by atoms with Gasteiger partial charge < -0.3 is 14.8 Å². The summed E-state index contributed by atoms with van der Waals surface area (Å²) in [5, 5.41) is 15.1. The third-order valence-corrected chi connectivity index (χ3v) is 4.59. The van der Waals surface area contributed by atoms with Crippen LogP contribution < -0.4 is 10.1 Å². The highest BCUT2D eigenvalue weighted by Crippen LogP contribution is 2.29. The summed E-state index contributed by atoms with van der Waals surface area (Å²) in [7, 11) is 1.31. The first-order chi connectivity index (χ1) is 13.3. The molecule has 148 valence electrons. The number of nitrogens with one attached hydrogen (secondary N) is 1. The molecule has 1 N–H and O–H groups in total. The summed E-state index contributed by atoms with van der Waals surface area (Å²) in [5.74, 6) is -1.38. The summed E-state index contributed by atoms with van der Waals surface area (Å²) >= 11 is 1.29. The summed E-state index contributed by atoms with van der Waals surface area (Å²) < 4.78 is 10.1. The number of nitro benzene ring substituents is 1. The molecule has 1 atom stereocenters. The van der Waals surface area contributed by atoms with E-state index in [9.17, 15) is 24.5 Å². The van der Waals surface area contributed by atoms with Crippen molar-refractivity contribution in [3.05, 3.63) is 50.7 Å². The van der Waals surface area contributed by atoms with Crippen LogP contribution in [0.5, 0.6) is 5.75 Å². The average Bonchev–Trinajstić information content (AvgIpc) is 3.21. The zero-order valence-corrected chi connectivity index (χ0v) is 16.0. The summed E-state index contributed by atoms with van der Waals surface area (Å²) in [6.45, 7) is 1.38. The fourth-order valence-electron chi connectivity index (χ4n) is 2.22. The highest BCUT2D eigenvalue weighted by Gasteiger charge is 2.21. The molecule has 1 amide bonds. The average molecular weight is 406 g/mol. The van der Waals surface area contributed by atoms with Gasteiger partial charge in [-0.2, -0.15) is 0 Å². The molecule has 0 aliphatic carbocycles. The van der Waals surface area contributed by atoms with E-state index < -0.39 is 22.9 Å². The van der Waals surface area contributed by atoms with E-state index in [1.807, 2.05) is 0 Å². The lowest BCUT2D eigenvalue weighted by molar-refractivity contribution is -0.384. The number of amides is 1. The zero-order valence-electron chi connectivity index (χ0n) is 15.2. The normalized spacial score (nSPS) is 11.4. The Morgan fingerprint density at radius 2 is 2.00 bits per heavy atom. The number of benzene rings is 1. The molecule has 1 heterocycles. The standard InChI is InChI=1S/C18H18N2O7S/c1-11(27-17(22)8-7-14(21)16-4-3-9-28-16)18(23)19-13-6-5-12(20(24)25)10-15(13)26-2/h3-6,9-11H,7-8H2,1-2H3,(H,19,23)/t11-/m1/s1. The van der Waals surface area contributed by atoms with Crippen LogP contribution in [0.3, 0.4) is 0 Å². The van der Waals surface area contributed by atoms with Gasteiger partial charge >= 0.3 is 5.97 Å². The fourth-order valence-corrected chi connectivity index (χ4v) is 2.91. The maximum Gasteiger partial charge on any atom is 0.307 e. The van der Waals surface area contributed by atoms with Crippen LogP contribution in [0, 0.1) is 10.1 Å². The number of rotatable bonds is 9. The molecule has 0 spiro atoms. The number of anilines is 1. The quantitative estimate of drug-likeness (QED) is 0.293. The molecule has 0 saturated heterocycles. The predicted octanol–water partition coefficient (Wildman–Crippen LogP) is 3.20. The van der Waals surface area contributed by atoms with Gasteiger partial charge in [0.15, 0.2) is 11.9 Å². The molecule has 0 saturated carbocycles. The Morgan fingerprint density at radius 3 is 2.61 bits per heavy atom. The van der Waals surface area contributed by atoms with E-state index in [-0.39, 0.29) is 35.7 Å². The Morgan fingerprint density at radius 1 is 1.25 bits per heavy atom. The second-order valence-corrected chi connectivity index (χ2v) is 6.61. The molecule has 0 aliphatic rings. The minimum absolute atomic E-state index is 0.0101. The number of esters is 1. The second-order valence-electron chi connectivity index (χ2n) is 5.66. The van der Waals surface area contributed by atoms with E-state index in [2.05, 4.69) is 5.32 Å². The van der Waals surface area contributed by atoms with Gasteiger partial charge in [0.2, 0.25) is 0 Å². The molecule has 0 bridgehead atoms. The molecule has 10 heteroatoms. The van der Waals surface area contributed by atoms with Gasteiger partial charge in [0.25, 0.3) is 11.6 Å². The van der Waals surface area contributed by atoms with Crippen LogP contribution in [-0.4, -0.2) is 35.8 Å². The number of carbonyl (C=O) groups excluding carboxylic acids is 3. The third-order valence-electron chi connectivity index (χ3n) is 3.68. The van der Waals surface area contributed by atoms with Gasteiger partial charge in [0.05, 0.1) is 35.1 Å². The van der Waals surface area contributed by atoms with Crippen LogP contribution >= 0.6 is 11.3 Å². The van der Waals surface area contributed by atoms with Crippen molar-refractivity contribution >= 4 is 40.4 Å². The number of ketones is 1. The highest BCUT2D eigenvalue weighted by atomic mass is 32.1. The van der Waals surface area contributed by atoms with Gasteiger partial charge in [-0.15, -0.1) is 11.3 Å². The molecule has 0 radical (unpaired) electrons. The minimum atomic E-state index is -1.12. The number of carbonyl (C=O) groups is 3. The molecule has 0 fully saturated rings. The number of thiophene rings is 1. The van der Waals surface area contributed by atoms with Gasteiger partial charge in [0, 0.05) is 12.5 Å². The molecule has 9 nitrogen and oxygen atoms in total. The minimum Gasteiger partial charge on any atom is -0.494 e. The van der Waals surface area contributed by atoms with Gasteiger partial charge in [-0.05, 0) is 24.4 Å². The Balaban J connectivity index is 1.89. The molecule has 0 unspecified atom stereocenters. The lowest BCUT2D eigenvalue weighted by Gasteiger charge is -2.15. The van der Waals surface area contributed by atoms with Crippen LogP contribution in [-0.2, 0) is 14.3 Å². The molecular weight excluding hydrogens is 388 g/mol. The van der Waals surface area contributed by atoms with E-state index >= 15 is 0 Å². The topological polar surface area (TPSA) is 125 Å². The Kier molecular flexibility index (Phi) is 7.21. The maximum atomic E-state index is 12.2. The monoisotopic (exact) mass is 406 g/mol. The molecule has 1 aromatic heterocycles. The van der Waals surface area contributed by atoms with E-state index in [0.717, 1.165) is 0 Å². The first-order valence-corrected chi connectivity index (χ1v) is 9.09. The SMILES string of the molecule is COc1cc([N+](=O)[O-])ccc1NC(=O)[C@@H](C)OC(=O)CCC(=O)c1cccs1. The van der Waals surface area contributed by atoms with Crippen LogP contribution in [0.25, 0.3) is 0 Å². The van der Waals surface area contributed by atoms with Crippen molar-refractivity contribution in [3.63, 3.8) is 0 Å². The van der Waals surface area contributed by atoms with Gasteiger partial charge in [-0.3, -0.25) is 24.5 Å². The molecule has 28 heavy (non-hydrogen) atoms. The van der Waals surface area contributed by atoms with Crippen molar-refractivity contribution in [2.24, 2.45) is 0 Å². The number of non-ortho nitro benzene ring substituents is 1. The smallest absolute Gasteiger partial charge is 0.307 e. The lowest BCUT2D eigenvalue weighted by atomic mass is 10.2. The van der Waals surface area contributed by atoms with Crippen LogP contribution in [0.1, 0.15) is 29.4 Å². The third kappa shape index (κ3) is 5.61. The zero-order chi connectivity index (χ0) is 20.7. The largest absolute Gasteiger partial charge is 0.494 e. The lowest BCUT2D eigenvalue weighted by Crippen LogP contribution is -2.30. The van der Waals surface area contributed by atoms with E-state index in [0.29, 0.717) is 4.88 Å². The van der Waals surface area contributed by atoms with Crippen molar-refractivity contribution in [3.8, 4) is 5.75 Å². The van der Waals surface area contributed by atoms with Crippen molar-refractivity contribution in [1.82, 2.24) is 0 Å². The fraction of sp³-hybridized carbons (Fsp3) is 0.278. The molecule has 2 rings (SSSR count). The van der Waals surface area contributed by atoms with E-state index in [1.54, 1.807) is 17.5 Å². The molecule has 0 aliphatic heterocycles. The van der Waals surface area contributed by atoms with E-state index in [4.69, 9.17) is 9.47 Å². The van der Waals surface area contributed by atoms with Gasteiger partial charge in [0.1, 0.15) is 5.75 Å². The molecule has 1 aromatic carbocycles. The van der Waals surface area contributed by atoms with Crippen molar-refractivity contribution in [1.29, 1.82) is 0 Å². The van der Waals surface area contributed by atoms with Crippen molar-refractivity contribution < 1.29 is 28.8 Å². The van der Waals surface area contributed by atoms with E-state index in [1.165, 1.54) is 43.6 Å². The van der Waals surface area contributed by atoms with Gasteiger partial charge in [-0.25, -0.2) is 0 Å². The van der Waals surface area contributed by atoms with Crippen molar-refractivity contribution in [2.45, 2.75) is 25.9 Å². The van der Waals surface area contributed by atoms with Crippen LogP contribution in [0.15, 0.2) is 35.7 Å². The molecular formula is C18H18N2O7S. The molecule has 2 aromatic rings. The highest BCUT2D eigenvalue weighted by molar-refractivity contribution is 7.12. The Hall–Kier alpha value is -3.27. The summed E-state index contributed by atoms with van der Waals surface area (Å²) in [6.07, 6.45) is -1.27. The number of hydrogen-bond acceptors (Lipinski definition) is 8. The first-order valence-electron chi connectivity index (χ1n) is 8.21. The maximum absolute atomic E-state index is 12.2. The number of Topliss-reactive ketones (excluding diaryl/α,β-unsaturated/α-hetero) is 1. The van der Waals surface area contributed by atoms with Crippen LogP contribution in [0.2, 0.25) is 0 Å². The summed E-state index contributed by atoms with van der Waals surface area (Å²) in [5.41, 5.74) is 0.0126. The number of methoxy groups -OCH3 is 1. The second kappa shape index (κ2) is 9.60. The number of nitrogens with zero attached hydrogens (tertiary/aromatic N) is 1. The van der Waals surface area contributed by atoms with Gasteiger partial charge in [-0.1, -0.05) is 6.07 Å². The van der Waals surface area contributed by atoms with Crippen LogP contribution in [0.4, 0.5) is 11.4 Å². The summed E-state index contributed by atoms with van der Waals surface area (Å²) in [4.78, 5) is 46.7. The first kappa shape index (κ1) is 21.0. The Bertz CT molecular complexity index is 880. The summed E-state index contributed by atoms with van der Waals surface area (Å²) in [6, 6.07) is 7.12. The number of nitro groups is 1. The predicted molar refractivity (Wildman–Crippen MR) is 102 cm³/mol.